The molecule has 0 bridgehead atoms. The van der Waals surface area contributed by atoms with Gasteiger partial charge in [-0.15, -0.1) is 0 Å². The molecule has 7 nitrogen and oxygen atoms in total. The number of ether oxygens (including phenoxy) is 2. The van der Waals surface area contributed by atoms with Crippen molar-refractivity contribution in [3.05, 3.63) is 36.5 Å². The summed E-state index contributed by atoms with van der Waals surface area (Å²) in [4.78, 5) is 36.7. The van der Waals surface area contributed by atoms with Crippen LogP contribution >= 0.6 is 0 Å². The van der Waals surface area contributed by atoms with E-state index in [0.29, 0.717) is 25.7 Å². The first-order chi connectivity index (χ1) is 24.8. The molecule has 0 aromatic heterocycles. The van der Waals surface area contributed by atoms with Gasteiger partial charge in [-0.25, -0.2) is 0 Å². The Hall–Kier alpha value is -2.25. The van der Waals surface area contributed by atoms with Gasteiger partial charge in [-0.3, -0.25) is 14.4 Å². The van der Waals surface area contributed by atoms with E-state index < -0.39 is 24.8 Å². The minimum Gasteiger partial charge on any atom is -0.462 e. The van der Waals surface area contributed by atoms with Crippen LogP contribution in [0.4, 0.5) is 0 Å². The van der Waals surface area contributed by atoms with Crippen LogP contribution < -0.4 is 0 Å². The summed E-state index contributed by atoms with van der Waals surface area (Å²) in [6.07, 6.45) is 36.8. The van der Waals surface area contributed by atoms with Gasteiger partial charge in [0.15, 0.2) is 11.9 Å². The molecule has 0 spiro atoms. The molecule has 0 amide bonds. The lowest BCUT2D eigenvalue weighted by molar-refractivity contribution is -0.161. The molecular weight excluding hydrogens is 640 g/mol. The Balaban J connectivity index is 2.03. The van der Waals surface area contributed by atoms with Gasteiger partial charge in [-0.05, 0) is 50.0 Å². The number of carbonyl (C=O) groups excluding carboxylic acids is 3. The number of unbranched alkanes of at least 4 members (excludes halogenated alkanes) is 16. The quantitative estimate of drug-likeness (QED) is 0.0387. The Morgan fingerprint density at radius 3 is 1.98 bits per heavy atom. The van der Waals surface area contributed by atoms with E-state index in [0.717, 1.165) is 50.9 Å². The van der Waals surface area contributed by atoms with Crippen molar-refractivity contribution in [3.8, 4) is 0 Å². The monoisotopic (exact) mass is 717 g/mol. The summed E-state index contributed by atoms with van der Waals surface area (Å²) in [7, 11) is 0. The Labute approximate surface area is 312 Å². The summed E-state index contributed by atoms with van der Waals surface area (Å²) < 4.78 is 10.6. The SMILES string of the molecule is CCCCC[C@H](O)/C=C/[C@H]1C(=O)C=C[C@@H]1C/C=C\CCCC(=O)O[C@@H](CO)COC(=O)CCCCCCCCCCCCCCCCC(C)CC. The summed E-state index contributed by atoms with van der Waals surface area (Å²) >= 11 is 0. The van der Waals surface area contributed by atoms with Gasteiger partial charge in [-0.1, -0.05) is 167 Å². The van der Waals surface area contributed by atoms with Gasteiger partial charge in [0.2, 0.25) is 0 Å². The second-order valence-corrected chi connectivity index (χ2v) is 15.0. The first-order valence-corrected chi connectivity index (χ1v) is 21.0. The highest BCUT2D eigenvalue weighted by atomic mass is 16.6. The highest BCUT2D eigenvalue weighted by Gasteiger charge is 2.27. The maximum atomic E-state index is 12.3. The van der Waals surface area contributed by atoms with Crippen molar-refractivity contribution in [1.82, 2.24) is 0 Å². The molecule has 5 atom stereocenters. The van der Waals surface area contributed by atoms with Gasteiger partial charge in [-0.2, -0.15) is 0 Å². The molecule has 0 fully saturated rings. The van der Waals surface area contributed by atoms with Crippen LogP contribution in [0.2, 0.25) is 0 Å². The Morgan fingerprint density at radius 2 is 1.37 bits per heavy atom. The van der Waals surface area contributed by atoms with Gasteiger partial charge in [0.25, 0.3) is 0 Å². The molecule has 7 heteroatoms. The molecular formula is C44H76O7. The number of hydrogen-bond donors (Lipinski definition) is 2. The van der Waals surface area contributed by atoms with E-state index in [4.69, 9.17) is 9.47 Å². The minimum atomic E-state index is -0.849. The zero-order chi connectivity index (χ0) is 37.4. The summed E-state index contributed by atoms with van der Waals surface area (Å²) in [5, 5.41) is 19.8. The topological polar surface area (TPSA) is 110 Å². The average molecular weight is 717 g/mol. The number of carbonyl (C=O) groups is 3. The maximum Gasteiger partial charge on any atom is 0.306 e. The predicted molar refractivity (Wildman–Crippen MR) is 209 cm³/mol. The first-order valence-electron chi connectivity index (χ1n) is 21.0. The lowest BCUT2D eigenvalue weighted by Gasteiger charge is -2.15. The largest absolute Gasteiger partial charge is 0.462 e. The highest BCUT2D eigenvalue weighted by Crippen LogP contribution is 2.27. The number of aliphatic hydroxyl groups is 2. The van der Waals surface area contributed by atoms with Crippen LogP contribution in [0.5, 0.6) is 0 Å². The number of hydrogen-bond acceptors (Lipinski definition) is 7. The number of ketones is 1. The van der Waals surface area contributed by atoms with Crippen LogP contribution in [-0.4, -0.2) is 53.4 Å². The van der Waals surface area contributed by atoms with E-state index in [1.54, 1.807) is 12.2 Å². The van der Waals surface area contributed by atoms with Crippen molar-refractivity contribution in [2.45, 2.75) is 193 Å². The molecule has 1 rings (SSSR count). The molecule has 51 heavy (non-hydrogen) atoms. The summed E-state index contributed by atoms with van der Waals surface area (Å²) in [5.41, 5.74) is 0. The molecule has 0 heterocycles. The van der Waals surface area contributed by atoms with Gasteiger partial charge in [0.05, 0.1) is 12.7 Å². The van der Waals surface area contributed by atoms with Crippen LogP contribution in [0, 0.1) is 17.8 Å². The van der Waals surface area contributed by atoms with Gasteiger partial charge in [0, 0.05) is 18.8 Å². The van der Waals surface area contributed by atoms with Crippen LogP contribution in [0.15, 0.2) is 36.5 Å². The van der Waals surface area contributed by atoms with Crippen molar-refractivity contribution >= 4 is 17.7 Å². The molecule has 0 saturated carbocycles. The zero-order valence-corrected chi connectivity index (χ0v) is 32.9. The van der Waals surface area contributed by atoms with Gasteiger partial charge >= 0.3 is 11.9 Å². The molecule has 0 aromatic carbocycles. The van der Waals surface area contributed by atoms with Crippen LogP contribution in [0.3, 0.4) is 0 Å². The maximum absolute atomic E-state index is 12.3. The van der Waals surface area contributed by atoms with E-state index >= 15 is 0 Å². The van der Waals surface area contributed by atoms with Crippen molar-refractivity contribution < 1.29 is 34.1 Å². The van der Waals surface area contributed by atoms with E-state index in [9.17, 15) is 24.6 Å². The summed E-state index contributed by atoms with van der Waals surface area (Å²) in [6.45, 7) is 6.26. The van der Waals surface area contributed by atoms with Gasteiger partial charge in [0.1, 0.15) is 6.61 Å². The average Bonchev–Trinajstić information content (AvgIpc) is 3.48. The van der Waals surface area contributed by atoms with Gasteiger partial charge < -0.3 is 19.7 Å². The molecule has 294 valence electrons. The molecule has 0 aromatic rings. The molecule has 0 saturated heterocycles. The van der Waals surface area contributed by atoms with Crippen LogP contribution in [0.25, 0.3) is 0 Å². The Kier molecular flexibility index (Phi) is 29.7. The number of esters is 2. The zero-order valence-electron chi connectivity index (χ0n) is 32.9. The summed E-state index contributed by atoms with van der Waals surface area (Å²) in [6, 6.07) is 0. The van der Waals surface area contributed by atoms with Crippen molar-refractivity contribution in [1.29, 1.82) is 0 Å². The number of rotatable bonds is 34. The number of allylic oxidation sites excluding steroid dienone is 5. The van der Waals surface area contributed by atoms with Crippen molar-refractivity contribution in [3.63, 3.8) is 0 Å². The van der Waals surface area contributed by atoms with E-state index in [1.165, 1.54) is 83.5 Å². The number of aliphatic hydroxyl groups excluding tert-OH is 2. The molecule has 1 aliphatic carbocycles. The van der Waals surface area contributed by atoms with Crippen LogP contribution in [-0.2, 0) is 23.9 Å². The Morgan fingerprint density at radius 1 is 0.784 bits per heavy atom. The second kappa shape index (κ2) is 32.4. The predicted octanol–water partition coefficient (Wildman–Crippen LogP) is 10.7. The van der Waals surface area contributed by atoms with E-state index in [-0.39, 0.29) is 36.6 Å². The second-order valence-electron chi connectivity index (χ2n) is 15.0. The standard InChI is InChI=1S/C44H76O7/c1-4-6-21-28-39(46)32-33-41-38(31-34-42(41)47)27-23-19-20-25-30-44(49)51-40(35-45)36-50-43(48)29-24-18-16-14-12-10-8-7-9-11-13-15-17-22-26-37(3)5-2/h19,23,31-34,37-41,45-46H,4-18,20-22,24-30,35-36H2,1-3H3/b23-19-,33-32+/t37?,38-,39-,40-,41+/m0/s1. The highest BCUT2D eigenvalue weighted by molar-refractivity contribution is 5.95. The first kappa shape index (κ1) is 46.8. The Bertz CT molecular complexity index is 971. The minimum absolute atomic E-state index is 0.0718. The third kappa shape index (κ3) is 26.2. The van der Waals surface area contributed by atoms with Crippen molar-refractivity contribution in [2.24, 2.45) is 17.8 Å². The molecule has 1 unspecified atom stereocenters. The third-order valence-corrected chi connectivity index (χ3v) is 10.2. The van der Waals surface area contributed by atoms with Crippen molar-refractivity contribution in [2.75, 3.05) is 13.2 Å². The lowest BCUT2D eigenvalue weighted by atomic mass is 9.90. The fraction of sp³-hybridized carbons (Fsp3) is 0.795. The fourth-order valence-corrected chi connectivity index (χ4v) is 6.52. The molecule has 2 N–H and O–H groups in total. The third-order valence-electron chi connectivity index (χ3n) is 10.2. The van der Waals surface area contributed by atoms with Crippen LogP contribution in [0.1, 0.15) is 181 Å². The lowest BCUT2D eigenvalue weighted by Crippen LogP contribution is -2.28. The normalized spacial score (nSPS) is 17.8. The van der Waals surface area contributed by atoms with E-state index in [2.05, 4.69) is 20.8 Å². The van der Waals surface area contributed by atoms with E-state index in [1.807, 2.05) is 24.3 Å². The smallest absolute Gasteiger partial charge is 0.306 e. The molecule has 0 aliphatic heterocycles. The molecule has 0 radical (unpaired) electrons. The summed E-state index contributed by atoms with van der Waals surface area (Å²) in [5.74, 6) is 0.0597. The molecule has 1 aliphatic rings. The fourth-order valence-electron chi connectivity index (χ4n) is 6.52.